The molecule has 3 rings (SSSR count). The third kappa shape index (κ3) is 2.72. The molecule has 0 bridgehead atoms. The van der Waals surface area contributed by atoms with Crippen LogP contribution in [-0.2, 0) is 6.54 Å². The monoisotopic (exact) mass is 270 g/mol. The second-order valence-electron chi connectivity index (χ2n) is 5.24. The van der Waals surface area contributed by atoms with Crippen LogP contribution in [0.1, 0.15) is 28.4 Å². The molecule has 0 saturated carbocycles. The van der Waals surface area contributed by atoms with Crippen molar-refractivity contribution < 1.29 is 4.79 Å². The number of hydrogen-bond donors (Lipinski definition) is 1. The minimum absolute atomic E-state index is 0.326. The number of hydrogen-bond acceptors (Lipinski definition) is 3. The van der Waals surface area contributed by atoms with Crippen LogP contribution >= 0.6 is 0 Å². The molecule has 1 saturated heterocycles. The molecule has 1 fully saturated rings. The number of nitrogens with two attached hydrogens (primary N) is 1. The molecule has 0 spiro atoms. The third-order valence-electron chi connectivity index (χ3n) is 3.76. The van der Waals surface area contributed by atoms with Crippen LogP contribution in [0.4, 0.5) is 0 Å². The SMILES string of the molecule is NC(=O)c1cnn(C2CCN(Cc3ccccc3)C2)c1. The Kier molecular flexibility index (Phi) is 3.52. The van der Waals surface area contributed by atoms with Gasteiger partial charge in [0.15, 0.2) is 0 Å². The summed E-state index contributed by atoms with van der Waals surface area (Å²) in [5, 5.41) is 4.25. The second kappa shape index (κ2) is 5.46. The Morgan fingerprint density at radius 2 is 2.15 bits per heavy atom. The molecule has 1 aromatic carbocycles. The zero-order valence-electron chi connectivity index (χ0n) is 11.3. The number of aromatic nitrogens is 2. The van der Waals surface area contributed by atoms with Crippen molar-refractivity contribution in [1.29, 1.82) is 0 Å². The Balaban J connectivity index is 1.63. The molecular formula is C15H18N4O. The zero-order chi connectivity index (χ0) is 13.9. The van der Waals surface area contributed by atoms with Crippen LogP contribution < -0.4 is 5.73 Å². The summed E-state index contributed by atoms with van der Waals surface area (Å²) >= 11 is 0. The van der Waals surface area contributed by atoms with E-state index in [-0.39, 0.29) is 0 Å². The molecule has 2 heterocycles. The summed E-state index contributed by atoms with van der Waals surface area (Å²) in [5.41, 5.74) is 7.06. The van der Waals surface area contributed by atoms with Crippen LogP contribution in [0.3, 0.4) is 0 Å². The van der Waals surface area contributed by atoms with Gasteiger partial charge in [-0.1, -0.05) is 30.3 Å². The number of carbonyl (C=O) groups excluding carboxylic acids is 1. The number of rotatable bonds is 4. The molecular weight excluding hydrogens is 252 g/mol. The van der Waals surface area contributed by atoms with Gasteiger partial charge < -0.3 is 5.73 Å². The van der Waals surface area contributed by atoms with E-state index in [0.717, 1.165) is 26.1 Å². The standard InChI is InChI=1S/C15H18N4O/c16-15(20)13-8-17-19(10-13)14-6-7-18(11-14)9-12-4-2-1-3-5-12/h1-5,8,10,14H,6-7,9,11H2,(H2,16,20). The van der Waals surface area contributed by atoms with Gasteiger partial charge in [0.05, 0.1) is 17.8 Å². The molecule has 1 aliphatic heterocycles. The maximum atomic E-state index is 11.1. The van der Waals surface area contributed by atoms with Crippen molar-refractivity contribution in [3.05, 3.63) is 53.9 Å². The Morgan fingerprint density at radius 3 is 2.85 bits per heavy atom. The highest BCUT2D eigenvalue weighted by Gasteiger charge is 2.24. The van der Waals surface area contributed by atoms with Crippen molar-refractivity contribution >= 4 is 5.91 Å². The first-order chi connectivity index (χ1) is 9.72. The summed E-state index contributed by atoms with van der Waals surface area (Å²) in [6.07, 6.45) is 4.34. The summed E-state index contributed by atoms with van der Waals surface area (Å²) in [6, 6.07) is 10.8. The molecule has 2 N–H and O–H groups in total. The van der Waals surface area contributed by atoms with Gasteiger partial charge in [0.2, 0.25) is 0 Å². The summed E-state index contributed by atoms with van der Waals surface area (Å²) < 4.78 is 1.87. The van der Waals surface area contributed by atoms with Gasteiger partial charge in [0, 0.05) is 25.8 Å². The van der Waals surface area contributed by atoms with Gasteiger partial charge in [0.1, 0.15) is 0 Å². The lowest BCUT2D eigenvalue weighted by molar-refractivity contribution is 0.1000. The Morgan fingerprint density at radius 1 is 1.35 bits per heavy atom. The van der Waals surface area contributed by atoms with Crippen molar-refractivity contribution in [2.45, 2.75) is 19.0 Å². The topological polar surface area (TPSA) is 64.2 Å². The molecule has 104 valence electrons. The molecule has 20 heavy (non-hydrogen) atoms. The Hall–Kier alpha value is -2.14. The largest absolute Gasteiger partial charge is 0.366 e. The van der Waals surface area contributed by atoms with E-state index in [1.54, 1.807) is 12.4 Å². The number of amides is 1. The molecule has 1 unspecified atom stereocenters. The number of nitrogens with zero attached hydrogens (tertiary/aromatic N) is 3. The molecule has 1 atom stereocenters. The molecule has 1 aliphatic rings. The smallest absolute Gasteiger partial charge is 0.251 e. The van der Waals surface area contributed by atoms with E-state index in [1.807, 2.05) is 10.7 Å². The summed E-state index contributed by atoms with van der Waals surface area (Å²) in [6.45, 7) is 2.96. The lowest BCUT2D eigenvalue weighted by atomic mass is 10.2. The van der Waals surface area contributed by atoms with Gasteiger partial charge in [0.25, 0.3) is 5.91 Å². The van der Waals surface area contributed by atoms with E-state index in [9.17, 15) is 4.79 Å². The minimum atomic E-state index is -0.421. The van der Waals surface area contributed by atoms with Gasteiger partial charge in [-0.25, -0.2) is 0 Å². The third-order valence-corrected chi connectivity index (χ3v) is 3.76. The number of benzene rings is 1. The minimum Gasteiger partial charge on any atom is -0.366 e. The molecule has 1 aromatic heterocycles. The van der Waals surface area contributed by atoms with Gasteiger partial charge in [-0.3, -0.25) is 14.4 Å². The normalized spacial score (nSPS) is 19.3. The van der Waals surface area contributed by atoms with Gasteiger partial charge in [-0.2, -0.15) is 5.10 Å². The quantitative estimate of drug-likeness (QED) is 0.914. The van der Waals surface area contributed by atoms with Crippen LogP contribution in [0, 0.1) is 0 Å². The van der Waals surface area contributed by atoms with Crippen LogP contribution in [0.5, 0.6) is 0 Å². The van der Waals surface area contributed by atoms with Crippen LogP contribution in [0.2, 0.25) is 0 Å². The van der Waals surface area contributed by atoms with Crippen LogP contribution in [0.15, 0.2) is 42.7 Å². The van der Waals surface area contributed by atoms with Crippen molar-refractivity contribution in [3.63, 3.8) is 0 Å². The van der Waals surface area contributed by atoms with E-state index >= 15 is 0 Å². The highest BCUT2D eigenvalue weighted by Crippen LogP contribution is 2.22. The fraction of sp³-hybridized carbons (Fsp3) is 0.333. The predicted molar refractivity (Wildman–Crippen MR) is 76.1 cm³/mol. The van der Waals surface area contributed by atoms with Crippen LogP contribution in [0.25, 0.3) is 0 Å². The lowest BCUT2D eigenvalue weighted by Gasteiger charge is -2.16. The first-order valence-corrected chi connectivity index (χ1v) is 6.82. The lowest BCUT2D eigenvalue weighted by Crippen LogP contribution is -2.21. The number of primary amides is 1. The zero-order valence-corrected chi connectivity index (χ0v) is 11.3. The molecule has 1 amide bonds. The number of carbonyl (C=O) groups is 1. The highest BCUT2D eigenvalue weighted by atomic mass is 16.1. The molecule has 2 aromatic rings. The van der Waals surface area contributed by atoms with Crippen molar-refractivity contribution in [3.8, 4) is 0 Å². The highest BCUT2D eigenvalue weighted by molar-refractivity contribution is 5.92. The fourth-order valence-corrected chi connectivity index (χ4v) is 2.68. The summed E-state index contributed by atoms with van der Waals surface area (Å²) in [5.74, 6) is -0.421. The first-order valence-electron chi connectivity index (χ1n) is 6.82. The van der Waals surface area contributed by atoms with E-state index in [1.165, 1.54) is 5.56 Å². The maximum absolute atomic E-state index is 11.1. The summed E-state index contributed by atoms with van der Waals surface area (Å²) in [7, 11) is 0. The Bertz CT molecular complexity index is 593. The molecule has 5 heteroatoms. The van der Waals surface area contributed by atoms with E-state index < -0.39 is 5.91 Å². The number of likely N-dealkylation sites (tertiary alicyclic amines) is 1. The summed E-state index contributed by atoms with van der Waals surface area (Å²) in [4.78, 5) is 13.5. The maximum Gasteiger partial charge on any atom is 0.251 e. The van der Waals surface area contributed by atoms with Gasteiger partial charge >= 0.3 is 0 Å². The van der Waals surface area contributed by atoms with Crippen molar-refractivity contribution in [2.75, 3.05) is 13.1 Å². The Labute approximate surface area is 118 Å². The van der Waals surface area contributed by atoms with E-state index in [2.05, 4.69) is 34.3 Å². The molecule has 0 aliphatic carbocycles. The fourth-order valence-electron chi connectivity index (χ4n) is 2.68. The average Bonchev–Trinajstić information content (AvgIpc) is 3.08. The predicted octanol–water partition coefficient (Wildman–Crippen LogP) is 1.43. The second-order valence-corrected chi connectivity index (χ2v) is 5.24. The van der Waals surface area contributed by atoms with Crippen molar-refractivity contribution in [2.24, 2.45) is 5.73 Å². The average molecular weight is 270 g/mol. The van der Waals surface area contributed by atoms with Crippen molar-refractivity contribution in [1.82, 2.24) is 14.7 Å². The van der Waals surface area contributed by atoms with Gasteiger partial charge in [-0.15, -0.1) is 0 Å². The van der Waals surface area contributed by atoms with E-state index in [0.29, 0.717) is 11.6 Å². The first kappa shape index (κ1) is 12.9. The van der Waals surface area contributed by atoms with Crippen LogP contribution in [-0.4, -0.2) is 33.7 Å². The molecule has 0 radical (unpaired) electrons. The van der Waals surface area contributed by atoms with Gasteiger partial charge in [-0.05, 0) is 12.0 Å². The molecule has 5 nitrogen and oxygen atoms in total. The van der Waals surface area contributed by atoms with E-state index in [4.69, 9.17) is 5.73 Å².